The molecule has 0 radical (unpaired) electrons. The standard InChI is InChI=1S/C25H36O4/c1-23-11-8-18(26)14-17(23)5-6-21-20(23)9-12-24(2)19-10-13-25(21,24)29-15-16(19)4-7-22(27)28-3/h4,7,15,17-21,26H,5-6,8-14H2,1-3H3/b7-4+. The van der Waals surface area contributed by atoms with E-state index in [4.69, 9.17) is 9.47 Å². The molecule has 0 aromatic carbocycles. The molecule has 4 aliphatic carbocycles. The van der Waals surface area contributed by atoms with E-state index in [9.17, 15) is 9.90 Å². The Labute approximate surface area is 174 Å². The van der Waals surface area contributed by atoms with Crippen LogP contribution in [0.3, 0.4) is 0 Å². The van der Waals surface area contributed by atoms with Crippen molar-refractivity contribution in [2.45, 2.75) is 83.3 Å². The van der Waals surface area contributed by atoms with Crippen LogP contribution in [-0.4, -0.2) is 29.9 Å². The lowest BCUT2D eigenvalue weighted by Crippen LogP contribution is -2.63. The molecular weight excluding hydrogens is 364 g/mol. The van der Waals surface area contributed by atoms with Gasteiger partial charge in [-0.15, -0.1) is 0 Å². The van der Waals surface area contributed by atoms with E-state index in [1.54, 1.807) is 0 Å². The van der Waals surface area contributed by atoms with Gasteiger partial charge in [0.05, 0.1) is 19.5 Å². The number of methoxy groups -OCH3 is 1. The van der Waals surface area contributed by atoms with Crippen molar-refractivity contribution in [2.75, 3.05) is 7.11 Å². The number of aliphatic hydroxyl groups is 1. The number of carbonyl (C=O) groups excluding carboxylic acids is 1. The molecule has 8 unspecified atom stereocenters. The number of hydrogen-bond acceptors (Lipinski definition) is 4. The number of rotatable bonds is 2. The van der Waals surface area contributed by atoms with E-state index in [2.05, 4.69) is 13.8 Å². The van der Waals surface area contributed by atoms with Crippen molar-refractivity contribution in [1.82, 2.24) is 0 Å². The average Bonchev–Trinajstić information content (AvgIpc) is 2.88. The lowest BCUT2D eigenvalue weighted by Gasteiger charge is -2.65. The smallest absolute Gasteiger partial charge is 0.330 e. The van der Waals surface area contributed by atoms with Crippen LogP contribution in [0.25, 0.3) is 0 Å². The molecule has 8 atom stereocenters. The van der Waals surface area contributed by atoms with Crippen LogP contribution in [0.4, 0.5) is 0 Å². The Bertz CT molecular complexity index is 756. The van der Waals surface area contributed by atoms with Gasteiger partial charge in [-0.05, 0) is 92.6 Å². The number of carbonyl (C=O) groups is 1. The van der Waals surface area contributed by atoms with Crippen LogP contribution in [0.5, 0.6) is 0 Å². The highest BCUT2D eigenvalue weighted by molar-refractivity contribution is 5.82. The van der Waals surface area contributed by atoms with Gasteiger partial charge >= 0.3 is 5.97 Å². The average molecular weight is 401 g/mol. The van der Waals surface area contributed by atoms with Gasteiger partial charge in [-0.25, -0.2) is 4.79 Å². The summed E-state index contributed by atoms with van der Waals surface area (Å²) in [7, 11) is 1.42. The summed E-state index contributed by atoms with van der Waals surface area (Å²) < 4.78 is 11.5. The summed E-state index contributed by atoms with van der Waals surface area (Å²) >= 11 is 0. The zero-order valence-corrected chi connectivity index (χ0v) is 18.2. The SMILES string of the molecule is COC(=O)/C=C/C1=COC23CCC1C2(C)CCC1C3CCC2CC(O)CCC21C. The molecule has 0 aromatic rings. The molecule has 2 bridgehead atoms. The molecular formula is C25H36O4. The van der Waals surface area contributed by atoms with E-state index in [1.165, 1.54) is 45.3 Å². The summed E-state index contributed by atoms with van der Waals surface area (Å²) in [5.74, 6) is 2.16. The van der Waals surface area contributed by atoms with Crippen LogP contribution in [-0.2, 0) is 14.3 Å². The van der Waals surface area contributed by atoms with E-state index in [-0.39, 0.29) is 23.1 Å². The lowest BCUT2D eigenvalue weighted by atomic mass is 9.43. The van der Waals surface area contributed by atoms with Gasteiger partial charge in [-0.3, -0.25) is 0 Å². The third kappa shape index (κ3) is 2.57. The number of ether oxygens (including phenoxy) is 2. The molecule has 0 spiro atoms. The highest BCUT2D eigenvalue weighted by Gasteiger charge is 2.70. The molecule has 29 heavy (non-hydrogen) atoms. The van der Waals surface area contributed by atoms with Gasteiger partial charge in [-0.1, -0.05) is 13.8 Å². The zero-order valence-electron chi connectivity index (χ0n) is 18.2. The fraction of sp³-hybridized carbons (Fsp3) is 0.800. The maximum Gasteiger partial charge on any atom is 0.330 e. The minimum atomic E-state index is -0.305. The van der Waals surface area contributed by atoms with Crippen LogP contribution in [0.2, 0.25) is 0 Å². The van der Waals surface area contributed by atoms with Gasteiger partial charge in [0.25, 0.3) is 0 Å². The van der Waals surface area contributed by atoms with Gasteiger partial charge in [0.15, 0.2) is 0 Å². The molecule has 0 amide bonds. The number of allylic oxidation sites excluding steroid dienone is 2. The highest BCUT2D eigenvalue weighted by Crippen LogP contribution is 2.72. The van der Waals surface area contributed by atoms with Crippen molar-refractivity contribution in [1.29, 1.82) is 0 Å². The first kappa shape index (κ1) is 19.7. The molecule has 160 valence electrons. The Morgan fingerprint density at radius 2 is 1.97 bits per heavy atom. The summed E-state index contributed by atoms with van der Waals surface area (Å²) in [5.41, 5.74) is 1.61. The number of fused-ring (bicyclic) bond motifs is 3. The van der Waals surface area contributed by atoms with E-state index in [0.717, 1.165) is 31.3 Å². The van der Waals surface area contributed by atoms with Gasteiger partial charge in [-0.2, -0.15) is 0 Å². The molecule has 0 saturated heterocycles. The molecule has 1 heterocycles. The minimum absolute atomic E-state index is 0.0484. The molecule has 1 N–H and O–H groups in total. The Hall–Kier alpha value is -1.29. The largest absolute Gasteiger partial charge is 0.494 e. The third-order valence-corrected chi connectivity index (χ3v) is 10.2. The normalized spacial score (nSPS) is 50.8. The van der Waals surface area contributed by atoms with Gasteiger partial charge < -0.3 is 14.6 Å². The molecule has 1 aliphatic heterocycles. The van der Waals surface area contributed by atoms with Crippen molar-refractivity contribution >= 4 is 5.97 Å². The first-order chi connectivity index (χ1) is 13.8. The third-order valence-electron chi connectivity index (χ3n) is 10.2. The summed E-state index contributed by atoms with van der Waals surface area (Å²) in [6, 6.07) is 0. The maximum absolute atomic E-state index is 11.6. The highest BCUT2D eigenvalue weighted by atomic mass is 16.5. The quantitative estimate of drug-likeness (QED) is 0.536. The second kappa shape index (κ2) is 6.60. The van der Waals surface area contributed by atoms with Crippen molar-refractivity contribution in [3.63, 3.8) is 0 Å². The molecule has 4 heteroatoms. The van der Waals surface area contributed by atoms with Gasteiger partial charge in [0, 0.05) is 17.4 Å². The Morgan fingerprint density at radius 1 is 1.14 bits per heavy atom. The zero-order chi connectivity index (χ0) is 20.4. The maximum atomic E-state index is 11.6. The predicted octanol–water partition coefficient (Wildman–Crippen LogP) is 4.77. The fourth-order valence-electron chi connectivity index (χ4n) is 8.63. The molecule has 4 fully saturated rings. The van der Waals surface area contributed by atoms with E-state index in [0.29, 0.717) is 29.1 Å². The van der Waals surface area contributed by atoms with Crippen LogP contribution < -0.4 is 0 Å². The summed E-state index contributed by atoms with van der Waals surface area (Å²) in [6.45, 7) is 4.98. The summed E-state index contributed by atoms with van der Waals surface area (Å²) in [6.07, 6.45) is 15.7. The fourth-order valence-corrected chi connectivity index (χ4v) is 8.63. The predicted molar refractivity (Wildman–Crippen MR) is 111 cm³/mol. The minimum Gasteiger partial charge on any atom is -0.494 e. The molecule has 5 rings (SSSR count). The number of aliphatic hydroxyl groups excluding tert-OH is 1. The van der Waals surface area contributed by atoms with Crippen molar-refractivity contribution in [3.05, 3.63) is 24.0 Å². The van der Waals surface area contributed by atoms with Crippen LogP contribution >= 0.6 is 0 Å². The summed E-state index contributed by atoms with van der Waals surface area (Å²) in [4.78, 5) is 11.6. The van der Waals surface area contributed by atoms with Crippen LogP contribution in [0.15, 0.2) is 24.0 Å². The monoisotopic (exact) mass is 400 g/mol. The van der Waals surface area contributed by atoms with E-state index >= 15 is 0 Å². The molecule has 5 aliphatic rings. The summed E-state index contributed by atoms with van der Waals surface area (Å²) in [5, 5.41) is 10.3. The first-order valence-corrected chi connectivity index (χ1v) is 11.7. The van der Waals surface area contributed by atoms with Crippen molar-refractivity contribution < 1.29 is 19.4 Å². The second-order valence-electron chi connectivity index (χ2n) is 11.0. The Kier molecular flexibility index (Phi) is 4.48. The number of esters is 1. The van der Waals surface area contributed by atoms with Crippen molar-refractivity contribution in [3.8, 4) is 0 Å². The molecule has 0 aromatic heterocycles. The molecule has 4 nitrogen and oxygen atoms in total. The van der Waals surface area contributed by atoms with Gasteiger partial charge in [0.2, 0.25) is 0 Å². The van der Waals surface area contributed by atoms with Crippen molar-refractivity contribution in [2.24, 2.45) is 34.5 Å². The van der Waals surface area contributed by atoms with E-state index in [1.807, 2.05) is 12.3 Å². The topological polar surface area (TPSA) is 55.8 Å². The first-order valence-electron chi connectivity index (χ1n) is 11.7. The Balaban J connectivity index is 1.47. The van der Waals surface area contributed by atoms with Gasteiger partial charge in [0.1, 0.15) is 5.60 Å². The number of hydrogen-bond donors (Lipinski definition) is 1. The van der Waals surface area contributed by atoms with Crippen LogP contribution in [0.1, 0.15) is 71.6 Å². The molecule has 4 saturated carbocycles. The van der Waals surface area contributed by atoms with Crippen LogP contribution in [0, 0.1) is 34.5 Å². The Morgan fingerprint density at radius 3 is 2.76 bits per heavy atom. The lowest BCUT2D eigenvalue weighted by molar-refractivity contribution is -0.217. The van der Waals surface area contributed by atoms with E-state index < -0.39 is 0 Å². The second-order valence-corrected chi connectivity index (χ2v) is 11.0.